The van der Waals surface area contributed by atoms with E-state index in [1.54, 1.807) is 11.3 Å². The van der Waals surface area contributed by atoms with E-state index in [4.69, 9.17) is 0 Å². The molecule has 1 aliphatic carbocycles. The Balaban J connectivity index is 1.88. The largest absolute Gasteiger partial charge is 0.303 e. The Morgan fingerprint density at radius 2 is 2.13 bits per heavy atom. The Hall–Kier alpha value is -1.52. The Morgan fingerprint density at radius 3 is 2.87 bits per heavy atom. The molecular formula is C19H23FN2S. The Morgan fingerprint density at radius 1 is 1.30 bits per heavy atom. The number of halogens is 1. The molecule has 1 aromatic carbocycles. The molecule has 1 atom stereocenters. The molecule has 0 saturated carbocycles. The smallest absolute Gasteiger partial charge is 0.102 e. The van der Waals surface area contributed by atoms with Gasteiger partial charge < -0.3 is 4.90 Å². The van der Waals surface area contributed by atoms with Gasteiger partial charge in [-0.2, -0.15) is 0 Å². The van der Waals surface area contributed by atoms with Gasteiger partial charge in [0.2, 0.25) is 0 Å². The molecule has 0 amide bonds. The number of allylic oxidation sites excluding steroid dienone is 1. The van der Waals surface area contributed by atoms with Crippen molar-refractivity contribution in [2.75, 3.05) is 26.8 Å². The summed E-state index contributed by atoms with van der Waals surface area (Å²) in [6.07, 6.45) is 3.90. The van der Waals surface area contributed by atoms with Crippen LogP contribution in [-0.2, 0) is 6.42 Å². The highest BCUT2D eigenvalue weighted by Gasteiger charge is 2.26. The molecule has 0 N–H and O–H groups in total. The van der Waals surface area contributed by atoms with Crippen LogP contribution in [0, 0.1) is 0 Å². The number of benzene rings is 1. The molecule has 4 heteroatoms. The van der Waals surface area contributed by atoms with Crippen LogP contribution < -0.4 is 0 Å². The topological polar surface area (TPSA) is 16.1 Å². The molecule has 0 radical (unpaired) electrons. The van der Waals surface area contributed by atoms with Crippen LogP contribution >= 0.6 is 11.3 Å². The lowest BCUT2D eigenvalue weighted by atomic mass is 9.93. The molecule has 3 rings (SSSR count). The molecule has 0 bridgehead atoms. The number of hydrogen-bond acceptors (Lipinski definition) is 3. The first-order valence-corrected chi connectivity index (χ1v) is 9.02. The van der Waals surface area contributed by atoms with Gasteiger partial charge in [0.15, 0.2) is 0 Å². The summed E-state index contributed by atoms with van der Waals surface area (Å²) >= 11 is 1.72. The van der Waals surface area contributed by atoms with Gasteiger partial charge in [0.1, 0.15) is 6.67 Å². The van der Waals surface area contributed by atoms with Crippen LogP contribution in [0.2, 0.25) is 0 Å². The Labute approximate surface area is 141 Å². The highest BCUT2D eigenvalue weighted by Crippen LogP contribution is 2.43. The van der Waals surface area contributed by atoms with Crippen molar-refractivity contribution in [1.82, 2.24) is 9.88 Å². The lowest BCUT2D eigenvalue weighted by Gasteiger charge is -2.18. The van der Waals surface area contributed by atoms with Crippen LogP contribution in [0.1, 0.15) is 35.4 Å². The van der Waals surface area contributed by atoms with E-state index in [9.17, 15) is 4.39 Å². The van der Waals surface area contributed by atoms with Crippen LogP contribution in [0.3, 0.4) is 0 Å². The lowest BCUT2D eigenvalue weighted by molar-refractivity contribution is 0.298. The maximum atomic E-state index is 12.5. The first-order chi connectivity index (χ1) is 11.2. The van der Waals surface area contributed by atoms with E-state index in [2.05, 4.69) is 41.1 Å². The summed E-state index contributed by atoms with van der Waals surface area (Å²) in [5.41, 5.74) is 5.70. The molecule has 122 valence electrons. The minimum atomic E-state index is -0.280. The molecule has 2 nitrogen and oxygen atoms in total. The predicted octanol–water partition coefficient (Wildman–Crippen LogP) is 4.55. The van der Waals surface area contributed by atoms with E-state index in [1.165, 1.54) is 27.3 Å². The maximum absolute atomic E-state index is 12.5. The van der Waals surface area contributed by atoms with Gasteiger partial charge in [-0.25, -0.2) is 9.37 Å². The van der Waals surface area contributed by atoms with Crippen LogP contribution in [0.4, 0.5) is 4.39 Å². The van der Waals surface area contributed by atoms with Gasteiger partial charge >= 0.3 is 0 Å². The number of thiazole rings is 1. The normalized spacial score (nSPS) is 15.3. The quantitative estimate of drug-likeness (QED) is 0.740. The van der Waals surface area contributed by atoms with Crippen LogP contribution in [0.15, 0.2) is 41.4 Å². The number of alkyl halides is 1. The summed E-state index contributed by atoms with van der Waals surface area (Å²) in [4.78, 5) is 6.59. The molecule has 1 aromatic heterocycles. The third kappa shape index (κ3) is 3.54. The van der Waals surface area contributed by atoms with Gasteiger partial charge in [-0.15, -0.1) is 11.3 Å². The van der Waals surface area contributed by atoms with Crippen molar-refractivity contribution in [3.63, 3.8) is 0 Å². The third-order valence-electron chi connectivity index (χ3n) is 4.61. The molecule has 1 aliphatic rings. The standard InChI is InChI=1S/C19H23FN2S/c1-14(19-21-9-12-23-19)18-16(7-10-22(2)11-8-20)13-15-5-3-4-6-17(15)18/h3-6,9,12,14H,7-8,10-11,13H2,1-2H3. The summed E-state index contributed by atoms with van der Waals surface area (Å²) in [5.74, 6) is 0.320. The molecule has 0 fully saturated rings. The molecule has 0 saturated heterocycles. The van der Waals surface area contributed by atoms with E-state index in [-0.39, 0.29) is 6.67 Å². The first kappa shape index (κ1) is 16.3. The average molecular weight is 330 g/mol. The summed E-state index contributed by atoms with van der Waals surface area (Å²) in [6, 6.07) is 8.68. The zero-order valence-corrected chi connectivity index (χ0v) is 14.6. The van der Waals surface area contributed by atoms with Gasteiger partial charge in [-0.1, -0.05) is 36.8 Å². The second kappa shape index (κ2) is 7.37. The number of rotatable bonds is 7. The lowest BCUT2D eigenvalue weighted by Crippen LogP contribution is -2.22. The number of aromatic nitrogens is 1. The van der Waals surface area contributed by atoms with Crippen molar-refractivity contribution in [2.24, 2.45) is 0 Å². The predicted molar refractivity (Wildman–Crippen MR) is 95.7 cm³/mol. The van der Waals surface area contributed by atoms with Crippen molar-refractivity contribution in [3.8, 4) is 0 Å². The number of fused-ring (bicyclic) bond motifs is 1. The summed E-state index contributed by atoms with van der Waals surface area (Å²) in [7, 11) is 1.99. The van der Waals surface area contributed by atoms with E-state index in [0.717, 1.165) is 19.4 Å². The van der Waals surface area contributed by atoms with Gasteiger partial charge in [-0.3, -0.25) is 0 Å². The maximum Gasteiger partial charge on any atom is 0.102 e. The van der Waals surface area contributed by atoms with Crippen LogP contribution in [0.25, 0.3) is 5.57 Å². The van der Waals surface area contributed by atoms with Crippen molar-refractivity contribution in [2.45, 2.75) is 25.7 Å². The molecule has 1 unspecified atom stereocenters. The van der Waals surface area contributed by atoms with Crippen molar-refractivity contribution < 1.29 is 4.39 Å². The fraction of sp³-hybridized carbons (Fsp3) is 0.421. The van der Waals surface area contributed by atoms with Gasteiger partial charge in [-0.05, 0) is 36.6 Å². The number of hydrogen-bond donors (Lipinski definition) is 0. The second-order valence-electron chi connectivity index (χ2n) is 6.19. The molecule has 0 spiro atoms. The monoisotopic (exact) mass is 330 g/mol. The minimum absolute atomic E-state index is 0.280. The van der Waals surface area contributed by atoms with Crippen LogP contribution in [0.5, 0.6) is 0 Å². The van der Waals surface area contributed by atoms with Crippen molar-refractivity contribution in [3.05, 3.63) is 57.6 Å². The first-order valence-electron chi connectivity index (χ1n) is 8.14. The Kier molecular flexibility index (Phi) is 5.23. The van der Waals surface area contributed by atoms with Crippen LogP contribution in [-0.4, -0.2) is 36.7 Å². The third-order valence-corrected chi connectivity index (χ3v) is 5.57. The van der Waals surface area contributed by atoms with Gasteiger partial charge in [0.05, 0.1) is 5.01 Å². The van der Waals surface area contributed by atoms with E-state index >= 15 is 0 Å². The minimum Gasteiger partial charge on any atom is -0.303 e. The van der Waals surface area contributed by atoms with Crippen molar-refractivity contribution in [1.29, 1.82) is 0 Å². The highest BCUT2D eigenvalue weighted by atomic mass is 32.1. The summed E-state index contributed by atoms with van der Waals surface area (Å²) in [5, 5.41) is 3.22. The van der Waals surface area contributed by atoms with E-state index < -0.39 is 0 Å². The molecule has 23 heavy (non-hydrogen) atoms. The fourth-order valence-electron chi connectivity index (χ4n) is 3.37. The fourth-order valence-corrected chi connectivity index (χ4v) is 4.07. The van der Waals surface area contributed by atoms with E-state index in [1.807, 2.05) is 18.6 Å². The summed E-state index contributed by atoms with van der Waals surface area (Å²) in [6.45, 7) is 3.39. The van der Waals surface area contributed by atoms with Gasteiger partial charge in [0.25, 0.3) is 0 Å². The Bertz CT molecular complexity index is 678. The van der Waals surface area contributed by atoms with E-state index in [0.29, 0.717) is 12.5 Å². The molecule has 1 heterocycles. The molecular weight excluding hydrogens is 307 g/mol. The summed E-state index contributed by atoms with van der Waals surface area (Å²) < 4.78 is 12.5. The number of nitrogens with zero attached hydrogens (tertiary/aromatic N) is 2. The SMILES string of the molecule is CC(C1=C(CCN(C)CCF)Cc2ccccc21)c1nccs1. The second-order valence-corrected chi connectivity index (χ2v) is 7.11. The zero-order valence-electron chi connectivity index (χ0n) is 13.8. The average Bonchev–Trinajstić information content (AvgIpc) is 3.20. The zero-order chi connectivity index (χ0) is 16.2. The highest BCUT2D eigenvalue weighted by molar-refractivity contribution is 7.09. The van der Waals surface area contributed by atoms with Gasteiger partial charge in [0, 0.05) is 30.6 Å². The molecule has 2 aromatic rings. The van der Waals surface area contributed by atoms with Crippen molar-refractivity contribution >= 4 is 16.9 Å². The molecule has 0 aliphatic heterocycles.